The lowest BCUT2D eigenvalue weighted by Crippen LogP contribution is -2.50. The minimum Gasteiger partial charge on any atom is -0.389 e. The Kier molecular flexibility index (Phi) is 4.60. The number of hydrogen-bond donors (Lipinski definition) is 1. The van der Waals surface area contributed by atoms with E-state index in [1.165, 1.54) is 0 Å². The molecule has 1 N–H and O–H groups in total. The second-order valence-electron chi connectivity index (χ2n) is 6.13. The zero-order valence-electron chi connectivity index (χ0n) is 12.3. The smallest absolute Gasteiger partial charge is 0.109 e. The van der Waals surface area contributed by atoms with Crippen molar-refractivity contribution in [2.45, 2.75) is 25.9 Å². The normalized spacial score (nSPS) is 18.9. The predicted molar refractivity (Wildman–Crippen MR) is 76.1 cm³/mol. The quantitative estimate of drug-likeness (QED) is 0.835. The van der Waals surface area contributed by atoms with Crippen molar-refractivity contribution in [3.05, 3.63) is 18.2 Å². The monoisotopic (exact) mass is 266 g/mol. The summed E-state index contributed by atoms with van der Waals surface area (Å²) in [5.74, 6) is 1.15. The molecule has 1 aliphatic rings. The lowest BCUT2D eigenvalue weighted by atomic mass is 10.1. The number of aliphatic hydroxyl groups is 1. The maximum Gasteiger partial charge on any atom is 0.109 e. The van der Waals surface area contributed by atoms with Crippen molar-refractivity contribution in [1.29, 1.82) is 0 Å². The lowest BCUT2D eigenvalue weighted by molar-refractivity contribution is 0.0179. The molecule has 1 saturated heterocycles. The minimum absolute atomic E-state index is 0.588. The maximum atomic E-state index is 9.83. The Morgan fingerprint density at radius 1 is 1.21 bits per heavy atom. The molecule has 0 aliphatic carbocycles. The molecular weight excluding hydrogens is 240 g/mol. The highest BCUT2D eigenvalue weighted by atomic mass is 16.3. The molecule has 0 atom stereocenters. The molecule has 1 fully saturated rings. The molecule has 0 amide bonds. The standard InChI is InChI=1S/C14H26N4O/c1-14(2,19)12-18-10-8-17(9-11-18)6-4-13-15-5-7-16(13)3/h5,7,19H,4,6,8-12H2,1-3H3. The van der Waals surface area contributed by atoms with Gasteiger partial charge < -0.3 is 14.6 Å². The van der Waals surface area contributed by atoms with Gasteiger partial charge in [0.1, 0.15) is 5.82 Å². The summed E-state index contributed by atoms with van der Waals surface area (Å²) in [5, 5.41) is 9.83. The van der Waals surface area contributed by atoms with Gasteiger partial charge >= 0.3 is 0 Å². The number of imidazole rings is 1. The fourth-order valence-corrected chi connectivity index (χ4v) is 2.61. The van der Waals surface area contributed by atoms with Gasteiger partial charge in [-0.15, -0.1) is 0 Å². The predicted octanol–water partition coefficient (Wildman–Crippen LogP) is 0.351. The van der Waals surface area contributed by atoms with Crippen LogP contribution in [0.25, 0.3) is 0 Å². The molecule has 0 radical (unpaired) electrons. The first-order valence-corrected chi connectivity index (χ1v) is 7.07. The van der Waals surface area contributed by atoms with Crippen molar-refractivity contribution in [3.63, 3.8) is 0 Å². The second-order valence-corrected chi connectivity index (χ2v) is 6.13. The first-order chi connectivity index (χ1) is 8.94. The minimum atomic E-state index is -0.588. The van der Waals surface area contributed by atoms with Crippen LogP contribution in [0.3, 0.4) is 0 Å². The Labute approximate surface area is 115 Å². The van der Waals surface area contributed by atoms with Crippen LogP contribution in [0, 0.1) is 0 Å². The molecule has 1 aliphatic heterocycles. The van der Waals surface area contributed by atoms with Crippen LogP contribution in [0.4, 0.5) is 0 Å². The van der Waals surface area contributed by atoms with E-state index in [4.69, 9.17) is 0 Å². The first kappa shape index (κ1) is 14.5. The summed E-state index contributed by atoms with van der Waals surface area (Å²) in [6.07, 6.45) is 4.86. The summed E-state index contributed by atoms with van der Waals surface area (Å²) in [6, 6.07) is 0. The Hall–Kier alpha value is -0.910. The van der Waals surface area contributed by atoms with Crippen LogP contribution in [0.2, 0.25) is 0 Å². The number of aryl methyl sites for hydroxylation is 1. The third-order valence-corrected chi connectivity index (χ3v) is 3.65. The summed E-state index contributed by atoms with van der Waals surface area (Å²) in [5.41, 5.74) is -0.588. The maximum absolute atomic E-state index is 9.83. The van der Waals surface area contributed by atoms with E-state index in [-0.39, 0.29) is 0 Å². The number of nitrogens with zero attached hydrogens (tertiary/aromatic N) is 4. The molecule has 0 unspecified atom stereocenters. The summed E-state index contributed by atoms with van der Waals surface area (Å²) in [6.45, 7) is 9.85. The van der Waals surface area contributed by atoms with Crippen LogP contribution in [0.1, 0.15) is 19.7 Å². The Bertz CT molecular complexity index is 388. The summed E-state index contributed by atoms with van der Waals surface area (Å²) in [7, 11) is 2.05. The third kappa shape index (κ3) is 4.60. The zero-order chi connectivity index (χ0) is 13.9. The SMILES string of the molecule is Cn1ccnc1CCN1CCN(CC(C)(C)O)CC1. The number of rotatable bonds is 5. The van der Waals surface area contributed by atoms with Gasteiger partial charge in [-0.05, 0) is 13.8 Å². The van der Waals surface area contributed by atoms with Gasteiger partial charge in [-0.1, -0.05) is 0 Å². The van der Waals surface area contributed by atoms with Gasteiger partial charge in [0.2, 0.25) is 0 Å². The molecule has 108 valence electrons. The van der Waals surface area contributed by atoms with Crippen LogP contribution in [-0.4, -0.2) is 69.3 Å². The van der Waals surface area contributed by atoms with Crippen molar-refractivity contribution in [2.24, 2.45) is 7.05 Å². The molecule has 0 bridgehead atoms. The van der Waals surface area contributed by atoms with Gasteiger partial charge in [0.15, 0.2) is 0 Å². The summed E-state index contributed by atoms with van der Waals surface area (Å²) < 4.78 is 2.09. The molecule has 1 aromatic heterocycles. The Balaban J connectivity index is 1.70. The summed E-state index contributed by atoms with van der Waals surface area (Å²) in [4.78, 5) is 9.18. The van der Waals surface area contributed by atoms with E-state index in [2.05, 4.69) is 19.4 Å². The molecule has 2 rings (SSSR count). The van der Waals surface area contributed by atoms with Crippen LogP contribution in [0.5, 0.6) is 0 Å². The van der Waals surface area contributed by atoms with Crippen molar-refractivity contribution < 1.29 is 5.11 Å². The highest BCUT2D eigenvalue weighted by molar-refractivity contribution is 4.92. The number of β-amino-alcohol motifs (C(OH)–C–C–N with tert-alkyl or cyclic N) is 1. The average molecular weight is 266 g/mol. The average Bonchev–Trinajstić information content (AvgIpc) is 2.72. The van der Waals surface area contributed by atoms with Crippen LogP contribution in [0.15, 0.2) is 12.4 Å². The van der Waals surface area contributed by atoms with Crippen LogP contribution in [-0.2, 0) is 13.5 Å². The lowest BCUT2D eigenvalue weighted by Gasteiger charge is -2.37. The fraction of sp³-hybridized carbons (Fsp3) is 0.786. The fourth-order valence-electron chi connectivity index (χ4n) is 2.61. The van der Waals surface area contributed by atoms with E-state index in [0.29, 0.717) is 0 Å². The largest absolute Gasteiger partial charge is 0.389 e. The van der Waals surface area contributed by atoms with Gasteiger partial charge in [-0.2, -0.15) is 0 Å². The highest BCUT2D eigenvalue weighted by Crippen LogP contribution is 2.09. The van der Waals surface area contributed by atoms with Gasteiger partial charge in [0.05, 0.1) is 5.60 Å². The molecule has 19 heavy (non-hydrogen) atoms. The molecular formula is C14H26N4O. The third-order valence-electron chi connectivity index (χ3n) is 3.65. The van der Waals surface area contributed by atoms with E-state index < -0.39 is 5.60 Å². The van der Waals surface area contributed by atoms with Gasteiger partial charge in [-0.25, -0.2) is 4.98 Å². The number of piperazine rings is 1. The molecule has 2 heterocycles. The van der Waals surface area contributed by atoms with E-state index in [1.807, 2.05) is 33.3 Å². The van der Waals surface area contributed by atoms with Crippen molar-refractivity contribution in [1.82, 2.24) is 19.4 Å². The topological polar surface area (TPSA) is 44.5 Å². The van der Waals surface area contributed by atoms with Crippen LogP contribution < -0.4 is 0 Å². The second kappa shape index (κ2) is 6.03. The zero-order valence-corrected chi connectivity index (χ0v) is 12.3. The van der Waals surface area contributed by atoms with E-state index in [0.717, 1.165) is 51.5 Å². The van der Waals surface area contributed by atoms with Gasteiger partial charge in [0.25, 0.3) is 0 Å². The molecule has 0 spiro atoms. The summed E-state index contributed by atoms with van der Waals surface area (Å²) >= 11 is 0. The van der Waals surface area contributed by atoms with E-state index in [9.17, 15) is 5.11 Å². The Morgan fingerprint density at radius 2 is 1.84 bits per heavy atom. The van der Waals surface area contributed by atoms with E-state index in [1.54, 1.807) is 0 Å². The van der Waals surface area contributed by atoms with Gasteiger partial charge in [-0.3, -0.25) is 4.90 Å². The molecule has 0 saturated carbocycles. The molecule has 5 heteroatoms. The molecule has 1 aromatic rings. The highest BCUT2D eigenvalue weighted by Gasteiger charge is 2.22. The van der Waals surface area contributed by atoms with Crippen LogP contribution >= 0.6 is 0 Å². The van der Waals surface area contributed by atoms with Gasteiger partial charge in [0, 0.05) is 65.1 Å². The Morgan fingerprint density at radius 3 is 2.37 bits per heavy atom. The number of hydrogen-bond acceptors (Lipinski definition) is 4. The molecule has 0 aromatic carbocycles. The number of aromatic nitrogens is 2. The first-order valence-electron chi connectivity index (χ1n) is 7.07. The van der Waals surface area contributed by atoms with Crippen molar-refractivity contribution >= 4 is 0 Å². The molecule has 5 nitrogen and oxygen atoms in total. The van der Waals surface area contributed by atoms with Crippen molar-refractivity contribution in [2.75, 3.05) is 39.3 Å². The van der Waals surface area contributed by atoms with Crippen molar-refractivity contribution in [3.8, 4) is 0 Å². The van der Waals surface area contributed by atoms with E-state index >= 15 is 0 Å².